The van der Waals surface area contributed by atoms with Crippen LogP contribution >= 0.6 is 0 Å². The second kappa shape index (κ2) is 3.15. The first-order valence-corrected chi connectivity index (χ1v) is 3.25. The molecule has 1 aliphatic rings. The average Bonchev–Trinajstić information content (AvgIpc) is 2.62. The number of rotatable bonds is 4. The molecule has 0 radical (unpaired) electrons. The minimum atomic E-state index is 0.0662. The molecule has 3 heteroatoms. The maximum absolute atomic E-state index is 8.49. The van der Waals surface area contributed by atoms with Crippen molar-refractivity contribution in [3.8, 4) is 0 Å². The number of aliphatic hydroxyl groups is 2. The Balaban J connectivity index is 1.92. The number of aliphatic hydroxyl groups excluding tert-OH is 2. The maximum Gasteiger partial charge on any atom is 0.107 e. The summed E-state index contributed by atoms with van der Waals surface area (Å²) in [5, 5.41) is 16.9. The van der Waals surface area contributed by atoms with Gasteiger partial charge in [-0.3, -0.25) is 0 Å². The molecule has 2 N–H and O–H groups in total. The summed E-state index contributed by atoms with van der Waals surface area (Å²) in [6.07, 6.45) is 1.95. The SMILES string of the molecule is OCCCC1OC1CO. The Morgan fingerprint density at radius 3 is 2.44 bits per heavy atom. The van der Waals surface area contributed by atoms with Gasteiger partial charge in [0.2, 0.25) is 0 Å². The van der Waals surface area contributed by atoms with Crippen molar-refractivity contribution in [1.82, 2.24) is 0 Å². The van der Waals surface area contributed by atoms with Gasteiger partial charge in [-0.1, -0.05) is 0 Å². The molecule has 2 unspecified atom stereocenters. The third-order valence-electron chi connectivity index (χ3n) is 1.51. The van der Waals surface area contributed by atoms with E-state index in [0.29, 0.717) is 0 Å². The van der Waals surface area contributed by atoms with E-state index >= 15 is 0 Å². The molecule has 1 heterocycles. The maximum atomic E-state index is 8.49. The fourth-order valence-electron chi connectivity index (χ4n) is 0.886. The van der Waals surface area contributed by atoms with Gasteiger partial charge in [0.25, 0.3) is 0 Å². The monoisotopic (exact) mass is 132 g/mol. The van der Waals surface area contributed by atoms with E-state index in [9.17, 15) is 0 Å². The normalized spacial score (nSPS) is 32.7. The largest absolute Gasteiger partial charge is 0.396 e. The van der Waals surface area contributed by atoms with Crippen LogP contribution in [0.15, 0.2) is 0 Å². The standard InChI is InChI=1S/C6H12O3/c7-3-1-2-5-6(4-8)9-5/h5-8H,1-4H2. The van der Waals surface area contributed by atoms with E-state index < -0.39 is 0 Å². The van der Waals surface area contributed by atoms with Crippen LogP contribution in [0, 0.1) is 0 Å². The Hall–Kier alpha value is -0.120. The molecule has 9 heavy (non-hydrogen) atoms. The Morgan fingerprint density at radius 2 is 2.00 bits per heavy atom. The van der Waals surface area contributed by atoms with E-state index in [1.807, 2.05) is 0 Å². The van der Waals surface area contributed by atoms with Crippen LogP contribution in [0.25, 0.3) is 0 Å². The van der Waals surface area contributed by atoms with Crippen LogP contribution in [0.3, 0.4) is 0 Å². The number of ether oxygens (including phenoxy) is 1. The quantitative estimate of drug-likeness (QED) is 0.508. The third kappa shape index (κ3) is 1.93. The second-order valence-corrected chi connectivity index (χ2v) is 2.26. The second-order valence-electron chi connectivity index (χ2n) is 2.26. The molecule has 0 aromatic carbocycles. The summed E-state index contributed by atoms with van der Waals surface area (Å²) in [6, 6.07) is 0. The summed E-state index contributed by atoms with van der Waals surface area (Å²) in [7, 11) is 0. The van der Waals surface area contributed by atoms with Crippen molar-refractivity contribution < 1.29 is 14.9 Å². The average molecular weight is 132 g/mol. The fraction of sp³-hybridized carbons (Fsp3) is 1.00. The lowest BCUT2D eigenvalue weighted by atomic mass is 10.2. The molecule has 0 amide bonds. The van der Waals surface area contributed by atoms with Gasteiger partial charge in [-0.15, -0.1) is 0 Å². The number of hydrogen-bond acceptors (Lipinski definition) is 3. The van der Waals surface area contributed by atoms with Crippen molar-refractivity contribution in [2.75, 3.05) is 13.2 Å². The van der Waals surface area contributed by atoms with E-state index in [1.165, 1.54) is 0 Å². The van der Waals surface area contributed by atoms with Gasteiger partial charge in [0, 0.05) is 6.61 Å². The highest BCUT2D eigenvalue weighted by atomic mass is 16.6. The third-order valence-corrected chi connectivity index (χ3v) is 1.51. The molecule has 0 spiro atoms. The molecule has 3 nitrogen and oxygen atoms in total. The van der Waals surface area contributed by atoms with Crippen molar-refractivity contribution in [2.45, 2.75) is 25.0 Å². The van der Waals surface area contributed by atoms with E-state index in [4.69, 9.17) is 14.9 Å². The molecule has 2 atom stereocenters. The zero-order chi connectivity index (χ0) is 6.69. The molecule has 0 aromatic rings. The van der Waals surface area contributed by atoms with Crippen LogP contribution in [-0.4, -0.2) is 35.6 Å². The van der Waals surface area contributed by atoms with Crippen LogP contribution in [0.4, 0.5) is 0 Å². The predicted octanol–water partition coefficient (Wildman–Crippen LogP) is -0.481. The molecule has 0 aromatic heterocycles. The van der Waals surface area contributed by atoms with Crippen LogP contribution in [0.2, 0.25) is 0 Å². The molecule has 0 saturated carbocycles. The Kier molecular flexibility index (Phi) is 2.45. The van der Waals surface area contributed by atoms with Gasteiger partial charge < -0.3 is 14.9 Å². The summed E-state index contributed by atoms with van der Waals surface area (Å²) in [6.45, 7) is 0.341. The summed E-state index contributed by atoms with van der Waals surface area (Å²) in [5.41, 5.74) is 0. The van der Waals surface area contributed by atoms with Crippen molar-refractivity contribution in [2.24, 2.45) is 0 Å². The molecular formula is C6H12O3. The van der Waals surface area contributed by atoms with Gasteiger partial charge in [0.15, 0.2) is 0 Å². The van der Waals surface area contributed by atoms with Crippen LogP contribution in [0.5, 0.6) is 0 Å². The minimum absolute atomic E-state index is 0.0662. The molecular weight excluding hydrogens is 120 g/mol. The lowest BCUT2D eigenvalue weighted by Crippen LogP contribution is -1.99. The first-order valence-electron chi connectivity index (χ1n) is 3.25. The van der Waals surface area contributed by atoms with Crippen molar-refractivity contribution >= 4 is 0 Å². The highest BCUT2D eigenvalue weighted by molar-refractivity contribution is 4.83. The number of hydrogen-bond donors (Lipinski definition) is 2. The summed E-state index contributed by atoms with van der Waals surface area (Å²) >= 11 is 0. The molecule has 54 valence electrons. The smallest absolute Gasteiger partial charge is 0.107 e. The minimum Gasteiger partial charge on any atom is -0.396 e. The van der Waals surface area contributed by atoms with Gasteiger partial charge in [-0.25, -0.2) is 0 Å². The molecule has 0 aliphatic carbocycles. The first-order chi connectivity index (χ1) is 4.38. The van der Waals surface area contributed by atoms with Gasteiger partial charge in [-0.05, 0) is 12.8 Å². The fourth-order valence-corrected chi connectivity index (χ4v) is 0.886. The molecule has 1 saturated heterocycles. The molecule has 1 fully saturated rings. The zero-order valence-electron chi connectivity index (χ0n) is 5.29. The van der Waals surface area contributed by atoms with Gasteiger partial charge in [0.1, 0.15) is 6.10 Å². The Bertz CT molecular complexity index is 84.4. The van der Waals surface area contributed by atoms with Gasteiger partial charge >= 0.3 is 0 Å². The van der Waals surface area contributed by atoms with Crippen LogP contribution in [0.1, 0.15) is 12.8 Å². The van der Waals surface area contributed by atoms with Crippen molar-refractivity contribution in [3.63, 3.8) is 0 Å². The summed E-state index contributed by atoms with van der Waals surface area (Å²) in [4.78, 5) is 0. The Morgan fingerprint density at radius 1 is 1.22 bits per heavy atom. The van der Waals surface area contributed by atoms with E-state index in [0.717, 1.165) is 12.8 Å². The van der Waals surface area contributed by atoms with Gasteiger partial charge in [-0.2, -0.15) is 0 Å². The van der Waals surface area contributed by atoms with Crippen LogP contribution < -0.4 is 0 Å². The highest BCUT2D eigenvalue weighted by Gasteiger charge is 2.36. The van der Waals surface area contributed by atoms with Crippen molar-refractivity contribution in [1.29, 1.82) is 0 Å². The van der Waals surface area contributed by atoms with Crippen LogP contribution in [-0.2, 0) is 4.74 Å². The van der Waals surface area contributed by atoms with E-state index in [1.54, 1.807) is 0 Å². The summed E-state index contributed by atoms with van der Waals surface area (Å²) < 4.78 is 5.01. The lowest BCUT2D eigenvalue weighted by Gasteiger charge is -1.88. The lowest BCUT2D eigenvalue weighted by molar-refractivity contribution is 0.240. The molecule has 1 rings (SSSR count). The number of epoxide rings is 1. The zero-order valence-corrected chi connectivity index (χ0v) is 5.29. The Labute approximate surface area is 54.3 Å². The first kappa shape index (κ1) is 6.99. The van der Waals surface area contributed by atoms with Crippen molar-refractivity contribution in [3.05, 3.63) is 0 Å². The topological polar surface area (TPSA) is 53.0 Å². The summed E-state index contributed by atoms with van der Waals surface area (Å²) in [5.74, 6) is 0. The molecule has 1 aliphatic heterocycles. The van der Waals surface area contributed by atoms with Gasteiger partial charge in [0.05, 0.1) is 12.7 Å². The van der Waals surface area contributed by atoms with E-state index in [2.05, 4.69) is 0 Å². The molecule has 0 bridgehead atoms. The van der Waals surface area contributed by atoms with E-state index in [-0.39, 0.29) is 25.4 Å². The highest BCUT2D eigenvalue weighted by Crippen LogP contribution is 2.25. The predicted molar refractivity (Wildman–Crippen MR) is 32.1 cm³/mol.